The van der Waals surface area contributed by atoms with Crippen LogP contribution in [0.25, 0.3) is 0 Å². The highest BCUT2D eigenvalue weighted by molar-refractivity contribution is 7.86. The predicted octanol–water partition coefficient (Wildman–Crippen LogP) is 5.22. The van der Waals surface area contributed by atoms with Crippen molar-refractivity contribution in [2.24, 2.45) is 0 Å². The van der Waals surface area contributed by atoms with Gasteiger partial charge in [0, 0.05) is 0 Å². The summed E-state index contributed by atoms with van der Waals surface area (Å²) in [5.41, 5.74) is 1.15. The average Bonchev–Trinajstić information content (AvgIpc) is 2.39. The molecule has 0 spiro atoms. The van der Waals surface area contributed by atoms with Crippen molar-refractivity contribution in [3.8, 4) is 0 Å². The van der Waals surface area contributed by atoms with Gasteiger partial charge in [0.1, 0.15) is 0 Å². The van der Waals surface area contributed by atoms with Crippen LogP contribution in [0.1, 0.15) is 66.9 Å². The zero-order valence-electron chi connectivity index (χ0n) is 11.9. The summed E-state index contributed by atoms with van der Waals surface area (Å²) in [6, 6.07) is 6.83. The van der Waals surface area contributed by atoms with Gasteiger partial charge >= 0.3 is 0 Å². The van der Waals surface area contributed by atoms with Crippen LogP contribution in [0.5, 0.6) is 0 Å². The van der Waals surface area contributed by atoms with E-state index in [-0.39, 0.29) is 19.7 Å². The quantitative estimate of drug-likeness (QED) is 0.716. The molecule has 1 unspecified atom stereocenters. The summed E-state index contributed by atoms with van der Waals surface area (Å²) in [5, 5.41) is 0. The highest BCUT2D eigenvalue weighted by atomic mass is 32.2. The zero-order chi connectivity index (χ0) is 14.2. The van der Waals surface area contributed by atoms with E-state index in [0.29, 0.717) is 5.92 Å². The van der Waals surface area contributed by atoms with Gasteiger partial charge in [0.25, 0.3) is 10.1 Å². The second-order valence-corrected chi connectivity index (χ2v) is 5.92. The van der Waals surface area contributed by atoms with Crippen LogP contribution in [0.4, 0.5) is 0 Å². The van der Waals surface area contributed by atoms with E-state index in [2.05, 4.69) is 31.9 Å². The first kappa shape index (κ1) is 24.2. The first-order valence-corrected chi connectivity index (χ1v) is 7.74. The lowest BCUT2D eigenvalue weighted by atomic mass is 9.99. The Balaban J connectivity index is -0.000000530. The first-order chi connectivity index (χ1) is 8.42. The number of rotatable bonds is 4. The van der Waals surface area contributed by atoms with Gasteiger partial charge in [-0.1, -0.05) is 61.1 Å². The highest BCUT2D eigenvalue weighted by Gasteiger charge is 2.12. The third kappa shape index (κ3) is 7.65. The van der Waals surface area contributed by atoms with Crippen LogP contribution in [-0.4, -0.2) is 15.5 Å². The van der Waals surface area contributed by atoms with Crippen LogP contribution < -0.4 is 0 Å². The molecule has 0 aliphatic carbocycles. The summed E-state index contributed by atoms with van der Waals surface area (Å²) in [4.78, 5) is 0.206. The molecule has 1 rings (SSSR count). The second-order valence-electron chi connectivity index (χ2n) is 4.21. The molecule has 1 aromatic rings. The van der Waals surface area contributed by atoms with Gasteiger partial charge in [-0.05, 0) is 30.0 Å². The minimum Gasteiger partial charge on any atom is -0.270 e. The second kappa shape index (κ2) is 11.9. The molecule has 0 radical (unpaired) electrons. The van der Waals surface area contributed by atoms with Crippen molar-refractivity contribution >= 4 is 10.1 Å². The molecule has 0 bridgehead atoms. The van der Waals surface area contributed by atoms with Crippen molar-refractivity contribution in [3.05, 3.63) is 29.8 Å². The smallest absolute Gasteiger partial charge is 0.270 e. The first-order valence-electron chi connectivity index (χ1n) is 6.33. The van der Waals surface area contributed by atoms with E-state index >= 15 is 0 Å². The summed E-state index contributed by atoms with van der Waals surface area (Å²) in [6.07, 6.45) is 2.29. The monoisotopic (exact) mass is 304 g/mol. The van der Waals surface area contributed by atoms with Gasteiger partial charge in [-0.15, -0.1) is 0 Å². The SMILES string of the molecule is C.C.CCC.CCC(C)c1ccc(S(=O)(=O)OC)cc1. The van der Waals surface area contributed by atoms with Crippen LogP contribution in [0.15, 0.2) is 29.2 Å². The Kier molecular flexibility index (Phi) is 14.4. The van der Waals surface area contributed by atoms with E-state index in [9.17, 15) is 8.42 Å². The van der Waals surface area contributed by atoms with Crippen molar-refractivity contribution in [3.63, 3.8) is 0 Å². The number of benzene rings is 1. The maximum absolute atomic E-state index is 11.3. The summed E-state index contributed by atoms with van der Waals surface area (Å²) in [5.74, 6) is 0.448. The molecule has 0 N–H and O–H groups in total. The largest absolute Gasteiger partial charge is 0.296 e. The molecule has 3 nitrogen and oxygen atoms in total. The Bertz CT molecular complexity index is 422. The predicted molar refractivity (Wildman–Crippen MR) is 88.8 cm³/mol. The van der Waals surface area contributed by atoms with E-state index in [0.717, 1.165) is 19.1 Å². The van der Waals surface area contributed by atoms with E-state index in [1.54, 1.807) is 12.1 Å². The molecule has 0 aliphatic heterocycles. The molecule has 0 saturated heterocycles. The summed E-state index contributed by atoms with van der Waals surface area (Å²) >= 11 is 0. The molecule has 0 heterocycles. The van der Waals surface area contributed by atoms with Crippen LogP contribution >= 0.6 is 0 Å². The molecule has 0 aliphatic rings. The topological polar surface area (TPSA) is 43.4 Å². The molecule has 0 aromatic heterocycles. The third-order valence-corrected chi connectivity index (χ3v) is 3.86. The van der Waals surface area contributed by atoms with Crippen LogP contribution in [-0.2, 0) is 14.3 Å². The van der Waals surface area contributed by atoms with Gasteiger partial charge in [0.2, 0.25) is 0 Å². The Morgan fingerprint density at radius 1 is 1.05 bits per heavy atom. The Morgan fingerprint density at radius 3 is 1.75 bits per heavy atom. The molecular weight excluding hydrogens is 272 g/mol. The van der Waals surface area contributed by atoms with E-state index < -0.39 is 10.1 Å². The van der Waals surface area contributed by atoms with E-state index in [1.807, 2.05) is 12.1 Å². The van der Waals surface area contributed by atoms with Gasteiger partial charge in [0.15, 0.2) is 0 Å². The van der Waals surface area contributed by atoms with Crippen molar-refractivity contribution in [1.82, 2.24) is 0 Å². The van der Waals surface area contributed by atoms with Gasteiger partial charge < -0.3 is 0 Å². The molecule has 4 heteroatoms. The third-order valence-electron chi connectivity index (χ3n) is 2.57. The van der Waals surface area contributed by atoms with Gasteiger partial charge in [-0.3, -0.25) is 4.18 Å². The fourth-order valence-electron chi connectivity index (χ4n) is 1.29. The molecule has 1 aromatic carbocycles. The number of hydrogen-bond acceptors (Lipinski definition) is 3. The summed E-state index contributed by atoms with van der Waals surface area (Å²) < 4.78 is 27.1. The van der Waals surface area contributed by atoms with Gasteiger partial charge in [0.05, 0.1) is 12.0 Å². The molecule has 120 valence electrons. The Morgan fingerprint density at radius 2 is 1.45 bits per heavy atom. The lowest BCUT2D eigenvalue weighted by Gasteiger charge is -2.09. The van der Waals surface area contributed by atoms with Crippen molar-refractivity contribution in [2.45, 2.75) is 66.2 Å². The maximum atomic E-state index is 11.3. The van der Waals surface area contributed by atoms with Crippen molar-refractivity contribution in [1.29, 1.82) is 0 Å². The van der Waals surface area contributed by atoms with Crippen LogP contribution in [0, 0.1) is 0 Å². The molecule has 1 atom stereocenters. The Hall–Kier alpha value is -0.870. The summed E-state index contributed by atoms with van der Waals surface area (Å²) in [7, 11) is -2.38. The van der Waals surface area contributed by atoms with E-state index in [1.165, 1.54) is 6.42 Å². The maximum Gasteiger partial charge on any atom is 0.296 e. The molecule has 0 saturated carbocycles. The van der Waals surface area contributed by atoms with Crippen molar-refractivity contribution in [2.75, 3.05) is 7.11 Å². The fourth-order valence-corrected chi connectivity index (χ4v) is 1.96. The highest BCUT2D eigenvalue weighted by Crippen LogP contribution is 2.20. The molecule has 0 amide bonds. The normalized spacial score (nSPS) is 11.2. The molecule has 20 heavy (non-hydrogen) atoms. The average molecular weight is 304 g/mol. The lowest BCUT2D eigenvalue weighted by Crippen LogP contribution is -2.03. The standard InChI is InChI=1S/C11H16O3S.C3H8.2CH4/c1-4-9(2)10-5-7-11(8-6-10)15(12,13)14-3;1-3-2;;/h5-9H,4H2,1-3H3;3H2,1-2H3;2*1H4. The Labute approximate surface area is 126 Å². The molecular formula is C16H32O3S. The summed E-state index contributed by atoms with van der Waals surface area (Å²) in [6.45, 7) is 8.46. The minimum atomic E-state index is -3.55. The zero-order valence-corrected chi connectivity index (χ0v) is 12.8. The van der Waals surface area contributed by atoms with Gasteiger partial charge in [-0.2, -0.15) is 8.42 Å². The fraction of sp³-hybridized carbons (Fsp3) is 0.625. The number of hydrogen-bond donors (Lipinski definition) is 0. The van der Waals surface area contributed by atoms with E-state index in [4.69, 9.17) is 0 Å². The lowest BCUT2D eigenvalue weighted by molar-refractivity contribution is 0.397. The molecule has 0 fully saturated rings. The van der Waals surface area contributed by atoms with Crippen LogP contribution in [0.2, 0.25) is 0 Å². The minimum absolute atomic E-state index is 0. The van der Waals surface area contributed by atoms with Crippen molar-refractivity contribution < 1.29 is 12.6 Å². The van der Waals surface area contributed by atoms with Crippen LogP contribution in [0.3, 0.4) is 0 Å². The van der Waals surface area contributed by atoms with Gasteiger partial charge in [-0.25, -0.2) is 0 Å².